The smallest absolute Gasteiger partial charge is 0.134 e. The Bertz CT molecular complexity index is 688. The molecule has 0 saturated carbocycles. The van der Waals surface area contributed by atoms with Crippen molar-refractivity contribution in [1.82, 2.24) is 5.32 Å². The number of ether oxygens (including phenoxy) is 1. The molecule has 0 spiro atoms. The standard InChI is InChI=1S/C18H19NOS.C2H6/c1-19-12-11-17(18-10-5-13-21-18)20-16-9-4-7-14-6-2-3-8-15(14)16;1-2/h2-10,13,17,19H,11-12H2,1H3;1-2H3/t17-;/m0./s1. The van der Waals surface area contributed by atoms with Crippen molar-refractivity contribution in [2.75, 3.05) is 13.6 Å². The molecule has 0 bridgehead atoms. The normalized spacial score (nSPS) is 11.6. The van der Waals surface area contributed by atoms with E-state index in [4.69, 9.17) is 4.74 Å². The average molecular weight is 327 g/mol. The van der Waals surface area contributed by atoms with Crippen molar-refractivity contribution in [3.05, 3.63) is 64.9 Å². The van der Waals surface area contributed by atoms with Gasteiger partial charge in [-0.25, -0.2) is 0 Å². The Balaban J connectivity index is 0.000000924. The maximum Gasteiger partial charge on any atom is 0.134 e. The minimum atomic E-state index is 0.100. The van der Waals surface area contributed by atoms with Crippen LogP contribution >= 0.6 is 11.3 Å². The van der Waals surface area contributed by atoms with Gasteiger partial charge in [-0.2, -0.15) is 0 Å². The number of thiophene rings is 1. The van der Waals surface area contributed by atoms with Crippen LogP contribution in [0.3, 0.4) is 0 Å². The first-order chi connectivity index (χ1) is 11.4. The molecule has 3 rings (SSSR count). The van der Waals surface area contributed by atoms with Crippen molar-refractivity contribution in [1.29, 1.82) is 0 Å². The number of benzene rings is 2. The molecule has 2 nitrogen and oxygen atoms in total. The molecule has 2 aromatic carbocycles. The highest BCUT2D eigenvalue weighted by molar-refractivity contribution is 7.10. The fraction of sp³-hybridized carbons (Fsp3) is 0.300. The van der Waals surface area contributed by atoms with Crippen LogP contribution in [0.4, 0.5) is 0 Å². The number of nitrogens with one attached hydrogen (secondary N) is 1. The molecule has 0 saturated heterocycles. The molecule has 0 radical (unpaired) electrons. The molecule has 122 valence electrons. The number of hydrogen-bond acceptors (Lipinski definition) is 3. The monoisotopic (exact) mass is 327 g/mol. The fourth-order valence-electron chi connectivity index (χ4n) is 2.46. The molecule has 3 heteroatoms. The van der Waals surface area contributed by atoms with Crippen LogP contribution in [0.2, 0.25) is 0 Å². The number of hydrogen-bond donors (Lipinski definition) is 1. The van der Waals surface area contributed by atoms with Gasteiger partial charge in [0.25, 0.3) is 0 Å². The van der Waals surface area contributed by atoms with Gasteiger partial charge in [0, 0.05) is 16.7 Å². The van der Waals surface area contributed by atoms with Gasteiger partial charge in [0.1, 0.15) is 11.9 Å². The number of fused-ring (bicyclic) bond motifs is 1. The molecule has 3 aromatic rings. The zero-order chi connectivity index (χ0) is 16.5. The van der Waals surface area contributed by atoms with Gasteiger partial charge in [-0.05, 0) is 36.5 Å². The van der Waals surface area contributed by atoms with Crippen molar-refractivity contribution >= 4 is 22.1 Å². The summed E-state index contributed by atoms with van der Waals surface area (Å²) in [6, 6.07) is 18.8. The van der Waals surface area contributed by atoms with E-state index >= 15 is 0 Å². The highest BCUT2D eigenvalue weighted by Gasteiger charge is 2.15. The second-order valence-electron chi connectivity index (χ2n) is 4.99. The molecule has 0 fully saturated rings. The summed E-state index contributed by atoms with van der Waals surface area (Å²) in [5.41, 5.74) is 0. The van der Waals surface area contributed by atoms with Crippen LogP contribution in [0.5, 0.6) is 5.75 Å². The van der Waals surface area contributed by atoms with Gasteiger partial charge in [0.05, 0.1) is 0 Å². The van der Waals surface area contributed by atoms with Crippen molar-refractivity contribution < 1.29 is 4.74 Å². The first-order valence-corrected chi connectivity index (χ1v) is 9.09. The third-order valence-corrected chi connectivity index (χ3v) is 4.50. The van der Waals surface area contributed by atoms with Gasteiger partial charge >= 0.3 is 0 Å². The highest BCUT2D eigenvalue weighted by Crippen LogP contribution is 2.32. The van der Waals surface area contributed by atoms with Crippen molar-refractivity contribution in [2.24, 2.45) is 0 Å². The second-order valence-corrected chi connectivity index (χ2v) is 5.97. The van der Waals surface area contributed by atoms with Gasteiger partial charge in [0.15, 0.2) is 0 Å². The Morgan fingerprint density at radius 1 is 1.00 bits per heavy atom. The van der Waals surface area contributed by atoms with E-state index in [1.54, 1.807) is 11.3 Å². The first kappa shape index (κ1) is 17.5. The molecule has 0 aliphatic carbocycles. The molecular weight excluding hydrogens is 302 g/mol. The summed E-state index contributed by atoms with van der Waals surface area (Å²) in [6.45, 7) is 4.94. The van der Waals surface area contributed by atoms with Crippen molar-refractivity contribution in [3.63, 3.8) is 0 Å². The summed E-state index contributed by atoms with van der Waals surface area (Å²) >= 11 is 1.75. The SMILES string of the molecule is CC.CNCC[C@H](Oc1cccc2ccccc12)c1cccs1. The minimum Gasteiger partial charge on any atom is -0.484 e. The lowest BCUT2D eigenvalue weighted by Crippen LogP contribution is -2.15. The lowest BCUT2D eigenvalue weighted by molar-refractivity contribution is 0.201. The summed E-state index contributed by atoms with van der Waals surface area (Å²) in [7, 11) is 1.98. The van der Waals surface area contributed by atoms with Crippen molar-refractivity contribution in [2.45, 2.75) is 26.4 Å². The van der Waals surface area contributed by atoms with Crippen molar-refractivity contribution in [3.8, 4) is 5.75 Å². The summed E-state index contributed by atoms with van der Waals surface area (Å²) in [4.78, 5) is 1.28. The van der Waals surface area contributed by atoms with Crippen LogP contribution < -0.4 is 10.1 Å². The van der Waals surface area contributed by atoms with E-state index in [9.17, 15) is 0 Å². The summed E-state index contributed by atoms with van der Waals surface area (Å²) < 4.78 is 6.34. The summed E-state index contributed by atoms with van der Waals surface area (Å²) in [5, 5.41) is 7.70. The lowest BCUT2D eigenvalue weighted by atomic mass is 10.1. The molecule has 0 amide bonds. The lowest BCUT2D eigenvalue weighted by Gasteiger charge is -2.19. The Labute approximate surface area is 143 Å². The van der Waals surface area contributed by atoms with E-state index in [2.05, 4.69) is 65.3 Å². The Morgan fingerprint density at radius 2 is 1.78 bits per heavy atom. The maximum absolute atomic E-state index is 6.34. The fourth-order valence-corrected chi connectivity index (χ4v) is 3.25. The quantitative estimate of drug-likeness (QED) is 0.631. The van der Waals surface area contributed by atoms with Crippen LogP contribution in [-0.2, 0) is 0 Å². The van der Waals surface area contributed by atoms with Gasteiger partial charge in [-0.1, -0.05) is 56.3 Å². The van der Waals surface area contributed by atoms with E-state index in [-0.39, 0.29) is 6.10 Å². The maximum atomic E-state index is 6.34. The third-order valence-electron chi connectivity index (χ3n) is 3.54. The average Bonchev–Trinajstić information content (AvgIpc) is 3.15. The van der Waals surface area contributed by atoms with Crippen LogP contribution in [0.1, 0.15) is 31.2 Å². The first-order valence-electron chi connectivity index (χ1n) is 8.21. The third kappa shape index (κ3) is 4.57. The van der Waals surface area contributed by atoms with E-state index in [0.29, 0.717) is 0 Å². The molecule has 23 heavy (non-hydrogen) atoms. The van der Waals surface area contributed by atoms with E-state index in [1.165, 1.54) is 15.6 Å². The molecular formula is C20H25NOS. The largest absolute Gasteiger partial charge is 0.484 e. The zero-order valence-corrected chi connectivity index (χ0v) is 14.9. The predicted molar refractivity (Wildman–Crippen MR) is 102 cm³/mol. The summed E-state index contributed by atoms with van der Waals surface area (Å²) in [6.07, 6.45) is 1.06. The molecule has 0 aliphatic rings. The summed E-state index contributed by atoms with van der Waals surface area (Å²) in [5.74, 6) is 0.961. The second kappa shape index (κ2) is 9.33. The number of rotatable bonds is 6. The minimum absolute atomic E-state index is 0.100. The molecule has 1 N–H and O–H groups in total. The predicted octanol–water partition coefficient (Wildman–Crippen LogP) is 5.66. The molecule has 1 heterocycles. The topological polar surface area (TPSA) is 21.3 Å². The van der Waals surface area contributed by atoms with Crippen LogP contribution in [-0.4, -0.2) is 13.6 Å². The van der Waals surface area contributed by atoms with Gasteiger partial charge in [-0.3, -0.25) is 0 Å². The Hall–Kier alpha value is -1.84. The molecule has 0 aliphatic heterocycles. The highest BCUT2D eigenvalue weighted by atomic mass is 32.1. The zero-order valence-electron chi connectivity index (χ0n) is 14.1. The molecule has 0 unspecified atom stereocenters. The van der Waals surface area contributed by atoms with E-state index < -0.39 is 0 Å². The Morgan fingerprint density at radius 3 is 2.52 bits per heavy atom. The molecule has 1 atom stereocenters. The van der Waals surface area contributed by atoms with Gasteiger partial charge in [0.2, 0.25) is 0 Å². The van der Waals surface area contributed by atoms with Crippen LogP contribution in [0, 0.1) is 0 Å². The Kier molecular flexibility index (Phi) is 7.11. The van der Waals surface area contributed by atoms with E-state index in [0.717, 1.165) is 18.7 Å². The van der Waals surface area contributed by atoms with Gasteiger partial charge in [-0.15, -0.1) is 11.3 Å². The van der Waals surface area contributed by atoms with Crippen LogP contribution in [0.25, 0.3) is 10.8 Å². The van der Waals surface area contributed by atoms with E-state index in [1.807, 2.05) is 20.9 Å². The molecule has 1 aromatic heterocycles. The van der Waals surface area contributed by atoms with Crippen LogP contribution in [0.15, 0.2) is 60.0 Å². The van der Waals surface area contributed by atoms with Gasteiger partial charge < -0.3 is 10.1 Å².